The SMILES string of the molecule is CCCC(CCC)(CNC)c1cccnc1. The molecule has 0 unspecified atom stereocenters. The molecule has 2 heteroatoms. The summed E-state index contributed by atoms with van der Waals surface area (Å²) >= 11 is 0. The largest absolute Gasteiger partial charge is 0.319 e. The molecule has 2 nitrogen and oxygen atoms in total. The Kier molecular flexibility index (Phi) is 5.47. The van der Waals surface area contributed by atoms with Gasteiger partial charge in [-0.1, -0.05) is 32.8 Å². The van der Waals surface area contributed by atoms with Gasteiger partial charge in [-0.15, -0.1) is 0 Å². The molecule has 0 aliphatic heterocycles. The lowest BCUT2D eigenvalue weighted by Gasteiger charge is -2.33. The summed E-state index contributed by atoms with van der Waals surface area (Å²) in [5.41, 5.74) is 1.65. The molecular formula is C14H24N2. The summed E-state index contributed by atoms with van der Waals surface area (Å²) < 4.78 is 0. The molecule has 0 fully saturated rings. The highest BCUT2D eigenvalue weighted by atomic mass is 14.8. The third-order valence-electron chi connectivity index (χ3n) is 3.25. The van der Waals surface area contributed by atoms with Crippen LogP contribution < -0.4 is 5.32 Å². The van der Waals surface area contributed by atoms with Gasteiger partial charge in [0.25, 0.3) is 0 Å². The van der Waals surface area contributed by atoms with Crippen LogP contribution in [0.3, 0.4) is 0 Å². The zero-order valence-electron chi connectivity index (χ0n) is 10.8. The van der Waals surface area contributed by atoms with E-state index in [1.807, 2.05) is 25.5 Å². The first-order chi connectivity index (χ1) is 7.79. The second kappa shape index (κ2) is 6.64. The summed E-state index contributed by atoms with van der Waals surface area (Å²) in [6, 6.07) is 4.26. The van der Waals surface area contributed by atoms with Crippen LogP contribution in [0, 0.1) is 0 Å². The molecule has 1 N–H and O–H groups in total. The fourth-order valence-electron chi connectivity index (χ4n) is 2.66. The highest BCUT2D eigenvalue weighted by Gasteiger charge is 2.29. The van der Waals surface area contributed by atoms with Gasteiger partial charge in [0.05, 0.1) is 0 Å². The molecule has 0 radical (unpaired) electrons. The third-order valence-corrected chi connectivity index (χ3v) is 3.25. The van der Waals surface area contributed by atoms with Crippen molar-refractivity contribution < 1.29 is 0 Å². The quantitative estimate of drug-likeness (QED) is 0.763. The molecule has 1 heterocycles. The van der Waals surface area contributed by atoms with Gasteiger partial charge in [0.15, 0.2) is 0 Å². The molecule has 1 aromatic rings. The third kappa shape index (κ3) is 3.05. The molecule has 0 saturated carbocycles. The minimum atomic E-state index is 0.270. The number of likely N-dealkylation sites (N-methyl/N-ethyl adjacent to an activating group) is 1. The summed E-state index contributed by atoms with van der Waals surface area (Å²) in [5.74, 6) is 0. The summed E-state index contributed by atoms with van der Waals surface area (Å²) in [6.45, 7) is 5.56. The first kappa shape index (κ1) is 13.2. The average molecular weight is 220 g/mol. The molecule has 0 aliphatic rings. The van der Waals surface area contributed by atoms with Crippen molar-refractivity contribution in [3.63, 3.8) is 0 Å². The van der Waals surface area contributed by atoms with Crippen LogP contribution in [0.2, 0.25) is 0 Å². The Morgan fingerprint density at radius 2 is 1.94 bits per heavy atom. The van der Waals surface area contributed by atoms with Crippen molar-refractivity contribution in [2.24, 2.45) is 0 Å². The molecule has 0 spiro atoms. The van der Waals surface area contributed by atoms with Crippen LogP contribution in [0.1, 0.15) is 45.1 Å². The van der Waals surface area contributed by atoms with E-state index < -0.39 is 0 Å². The van der Waals surface area contributed by atoms with Gasteiger partial charge in [-0.05, 0) is 31.5 Å². The van der Waals surface area contributed by atoms with E-state index in [1.165, 1.54) is 31.2 Å². The Labute approximate surface area is 99.5 Å². The molecule has 90 valence electrons. The van der Waals surface area contributed by atoms with Crippen molar-refractivity contribution in [3.05, 3.63) is 30.1 Å². The van der Waals surface area contributed by atoms with Gasteiger partial charge in [0, 0.05) is 24.4 Å². The van der Waals surface area contributed by atoms with Crippen LogP contribution in [-0.4, -0.2) is 18.6 Å². The van der Waals surface area contributed by atoms with E-state index in [4.69, 9.17) is 0 Å². The summed E-state index contributed by atoms with van der Waals surface area (Å²) in [7, 11) is 2.04. The number of nitrogens with zero attached hydrogens (tertiary/aromatic N) is 1. The highest BCUT2D eigenvalue weighted by Crippen LogP contribution is 2.33. The van der Waals surface area contributed by atoms with Gasteiger partial charge in [-0.2, -0.15) is 0 Å². The number of pyridine rings is 1. The van der Waals surface area contributed by atoms with Crippen LogP contribution in [0.15, 0.2) is 24.5 Å². The minimum absolute atomic E-state index is 0.270. The number of nitrogens with one attached hydrogen (secondary N) is 1. The molecule has 1 aromatic heterocycles. The molecule has 0 bridgehead atoms. The van der Waals surface area contributed by atoms with Gasteiger partial charge >= 0.3 is 0 Å². The maximum Gasteiger partial charge on any atom is 0.0306 e. The van der Waals surface area contributed by atoms with Gasteiger partial charge in [-0.3, -0.25) is 4.98 Å². The molecule has 0 amide bonds. The van der Waals surface area contributed by atoms with E-state index in [0.717, 1.165) is 6.54 Å². The minimum Gasteiger partial charge on any atom is -0.319 e. The van der Waals surface area contributed by atoms with Crippen molar-refractivity contribution in [3.8, 4) is 0 Å². The van der Waals surface area contributed by atoms with Crippen LogP contribution in [0.5, 0.6) is 0 Å². The van der Waals surface area contributed by atoms with E-state index >= 15 is 0 Å². The fourth-order valence-corrected chi connectivity index (χ4v) is 2.66. The lowest BCUT2D eigenvalue weighted by molar-refractivity contribution is 0.343. The summed E-state index contributed by atoms with van der Waals surface area (Å²) in [5, 5.41) is 3.35. The maximum atomic E-state index is 4.27. The van der Waals surface area contributed by atoms with E-state index in [2.05, 4.69) is 30.2 Å². The highest BCUT2D eigenvalue weighted by molar-refractivity contribution is 5.22. The molecule has 1 rings (SSSR count). The predicted molar refractivity (Wildman–Crippen MR) is 69.7 cm³/mol. The Morgan fingerprint density at radius 3 is 2.38 bits per heavy atom. The van der Waals surface area contributed by atoms with Crippen molar-refractivity contribution >= 4 is 0 Å². The molecule has 0 aromatic carbocycles. The molecule has 0 aliphatic carbocycles. The van der Waals surface area contributed by atoms with Gasteiger partial charge < -0.3 is 5.32 Å². The Hall–Kier alpha value is -0.890. The number of hydrogen-bond donors (Lipinski definition) is 1. The normalized spacial score (nSPS) is 11.7. The Balaban J connectivity index is 2.99. The fraction of sp³-hybridized carbons (Fsp3) is 0.643. The Bertz CT molecular complexity index is 265. The van der Waals surface area contributed by atoms with Crippen LogP contribution in [-0.2, 0) is 5.41 Å². The Morgan fingerprint density at radius 1 is 1.25 bits per heavy atom. The van der Waals surface area contributed by atoms with Crippen LogP contribution in [0.25, 0.3) is 0 Å². The van der Waals surface area contributed by atoms with E-state index in [-0.39, 0.29) is 5.41 Å². The first-order valence-corrected chi connectivity index (χ1v) is 6.34. The van der Waals surface area contributed by atoms with Gasteiger partial charge in [0.1, 0.15) is 0 Å². The average Bonchev–Trinajstić information content (AvgIpc) is 2.31. The zero-order chi connectivity index (χ0) is 11.9. The topological polar surface area (TPSA) is 24.9 Å². The molecule has 0 atom stereocenters. The lowest BCUT2D eigenvalue weighted by Crippen LogP contribution is -2.36. The predicted octanol–water partition coefficient (Wildman–Crippen LogP) is 3.14. The first-order valence-electron chi connectivity index (χ1n) is 6.34. The van der Waals surface area contributed by atoms with E-state index in [9.17, 15) is 0 Å². The van der Waals surface area contributed by atoms with E-state index in [0.29, 0.717) is 0 Å². The van der Waals surface area contributed by atoms with Crippen molar-refractivity contribution in [2.45, 2.75) is 44.9 Å². The van der Waals surface area contributed by atoms with Crippen LogP contribution >= 0.6 is 0 Å². The van der Waals surface area contributed by atoms with Crippen molar-refractivity contribution in [1.82, 2.24) is 10.3 Å². The van der Waals surface area contributed by atoms with Crippen LogP contribution in [0.4, 0.5) is 0 Å². The lowest BCUT2D eigenvalue weighted by atomic mass is 9.74. The van der Waals surface area contributed by atoms with Gasteiger partial charge in [-0.25, -0.2) is 0 Å². The van der Waals surface area contributed by atoms with Crippen molar-refractivity contribution in [2.75, 3.05) is 13.6 Å². The van der Waals surface area contributed by atoms with Crippen molar-refractivity contribution in [1.29, 1.82) is 0 Å². The zero-order valence-corrected chi connectivity index (χ0v) is 10.8. The summed E-state index contributed by atoms with van der Waals surface area (Å²) in [4.78, 5) is 4.27. The molecular weight excluding hydrogens is 196 g/mol. The number of hydrogen-bond acceptors (Lipinski definition) is 2. The number of aromatic nitrogens is 1. The second-order valence-electron chi connectivity index (χ2n) is 4.55. The standard InChI is InChI=1S/C14H24N2/c1-4-8-14(9-5-2,12-15-3)13-7-6-10-16-11-13/h6-7,10-11,15H,4-5,8-9,12H2,1-3H3. The molecule has 0 saturated heterocycles. The maximum absolute atomic E-state index is 4.27. The monoisotopic (exact) mass is 220 g/mol. The molecule has 16 heavy (non-hydrogen) atoms. The number of rotatable bonds is 7. The summed E-state index contributed by atoms with van der Waals surface area (Å²) in [6.07, 6.45) is 8.78. The van der Waals surface area contributed by atoms with E-state index in [1.54, 1.807) is 0 Å². The second-order valence-corrected chi connectivity index (χ2v) is 4.55. The van der Waals surface area contributed by atoms with Gasteiger partial charge in [0.2, 0.25) is 0 Å². The smallest absolute Gasteiger partial charge is 0.0306 e.